The number of piperazine rings is 1. The molecular weight excluding hydrogens is 361 g/mol. The number of nitrogens with zero attached hydrogens (tertiary/aromatic N) is 2. The highest BCUT2D eigenvalue weighted by Gasteiger charge is 2.20. The molecule has 2 aromatic carbocycles. The summed E-state index contributed by atoms with van der Waals surface area (Å²) in [4.78, 5) is 4.60. The quantitative estimate of drug-likeness (QED) is 0.816. The molecule has 2 aliphatic rings. The Bertz CT molecular complexity index is 849. The third kappa shape index (κ3) is 4.22. The van der Waals surface area contributed by atoms with E-state index in [-0.39, 0.29) is 5.82 Å². The van der Waals surface area contributed by atoms with Crippen LogP contribution in [0.2, 0.25) is 0 Å². The maximum atomic E-state index is 13.7. The highest BCUT2D eigenvalue weighted by molar-refractivity contribution is 7.80. The minimum Gasteiger partial charge on any atom is -0.493 e. The van der Waals surface area contributed by atoms with Crippen LogP contribution in [-0.2, 0) is 13.0 Å². The van der Waals surface area contributed by atoms with E-state index in [0.717, 1.165) is 51.5 Å². The lowest BCUT2D eigenvalue weighted by molar-refractivity contribution is 0.177. The van der Waals surface area contributed by atoms with Crippen molar-refractivity contribution in [2.75, 3.05) is 38.1 Å². The van der Waals surface area contributed by atoms with Gasteiger partial charge in [-0.15, -0.1) is 0 Å². The number of anilines is 1. The summed E-state index contributed by atoms with van der Waals surface area (Å²) in [6.45, 7) is 7.15. The van der Waals surface area contributed by atoms with Gasteiger partial charge in [0.1, 0.15) is 11.6 Å². The van der Waals surface area contributed by atoms with Gasteiger partial charge < -0.3 is 15.0 Å². The van der Waals surface area contributed by atoms with Crippen molar-refractivity contribution in [3.63, 3.8) is 0 Å². The minimum absolute atomic E-state index is 0.215. The molecule has 0 aromatic heterocycles. The van der Waals surface area contributed by atoms with Crippen molar-refractivity contribution in [1.82, 2.24) is 9.80 Å². The highest BCUT2D eigenvalue weighted by atomic mass is 32.1. The summed E-state index contributed by atoms with van der Waals surface area (Å²) in [7, 11) is 0. The fraction of sp³-hybridized carbons (Fsp3) is 0.381. The van der Waals surface area contributed by atoms with E-state index in [9.17, 15) is 4.39 Å². The lowest BCUT2D eigenvalue weighted by atomic mass is 10.1. The Labute approximate surface area is 164 Å². The molecule has 1 saturated heterocycles. The molecule has 0 spiro atoms. The Morgan fingerprint density at radius 1 is 1.15 bits per heavy atom. The van der Waals surface area contributed by atoms with Gasteiger partial charge in [-0.3, -0.25) is 4.90 Å². The zero-order valence-electron chi connectivity index (χ0n) is 15.5. The highest BCUT2D eigenvalue weighted by Crippen LogP contribution is 2.26. The summed E-state index contributed by atoms with van der Waals surface area (Å²) in [5.74, 6) is 0.819. The molecule has 2 aliphatic heterocycles. The van der Waals surface area contributed by atoms with Crippen LogP contribution in [0.4, 0.5) is 10.1 Å². The van der Waals surface area contributed by atoms with Crippen molar-refractivity contribution in [3.05, 3.63) is 58.9 Å². The number of ether oxygens (including phenoxy) is 1. The van der Waals surface area contributed by atoms with Crippen molar-refractivity contribution in [1.29, 1.82) is 0 Å². The predicted molar refractivity (Wildman–Crippen MR) is 110 cm³/mol. The van der Waals surface area contributed by atoms with Crippen LogP contribution in [-0.4, -0.2) is 47.7 Å². The SMILES string of the molecule is Cc1ccc(NC(=S)N2CCN(Cc3ccc4c(c3)CCO4)CC2)cc1F. The molecule has 2 aromatic rings. The molecule has 0 aliphatic carbocycles. The number of rotatable bonds is 3. The molecular formula is C21H24FN3OS. The number of nitrogens with one attached hydrogen (secondary N) is 1. The first kappa shape index (κ1) is 18.2. The van der Waals surface area contributed by atoms with Gasteiger partial charge in [-0.05, 0) is 54.0 Å². The Morgan fingerprint density at radius 2 is 1.96 bits per heavy atom. The van der Waals surface area contributed by atoms with Gasteiger partial charge in [-0.25, -0.2) is 4.39 Å². The van der Waals surface area contributed by atoms with Crippen LogP contribution in [0, 0.1) is 12.7 Å². The van der Waals surface area contributed by atoms with Gasteiger partial charge in [0.15, 0.2) is 5.11 Å². The second-order valence-corrected chi connectivity index (χ2v) is 7.58. The summed E-state index contributed by atoms with van der Waals surface area (Å²) < 4.78 is 19.3. The molecule has 2 heterocycles. The van der Waals surface area contributed by atoms with Gasteiger partial charge >= 0.3 is 0 Å². The third-order valence-electron chi connectivity index (χ3n) is 5.24. The molecule has 0 amide bonds. The van der Waals surface area contributed by atoms with Crippen LogP contribution < -0.4 is 10.1 Å². The van der Waals surface area contributed by atoms with Gasteiger partial charge in [-0.1, -0.05) is 18.2 Å². The van der Waals surface area contributed by atoms with E-state index in [1.165, 1.54) is 17.2 Å². The smallest absolute Gasteiger partial charge is 0.173 e. The second kappa shape index (κ2) is 7.82. The first-order valence-electron chi connectivity index (χ1n) is 9.37. The number of fused-ring (bicyclic) bond motifs is 1. The molecule has 0 radical (unpaired) electrons. The Hall–Kier alpha value is -2.18. The summed E-state index contributed by atoms with van der Waals surface area (Å²) in [6, 6.07) is 11.6. The standard InChI is InChI=1S/C21H24FN3OS/c1-15-2-4-18(13-19(15)22)23-21(27)25-9-7-24(8-10-25)14-16-3-5-20-17(12-16)6-11-26-20/h2-5,12-13H,6-11,14H2,1H3,(H,23,27). The van der Waals surface area contributed by atoms with Crippen LogP contribution in [0.3, 0.4) is 0 Å². The predicted octanol–water partition coefficient (Wildman–Crippen LogP) is 3.58. The van der Waals surface area contributed by atoms with E-state index in [1.54, 1.807) is 13.0 Å². The number of benzene rings is 2. The number of halogens is 1. The van der Waals surface area contributed by atoms with Crippen molar-refractivity contribution in [2.24, 2.45) is 0 Å². The van der Waals surface area contributed by atoms with Crippen molar-refractivity contribution >= 4 is 23.0 Å². The molecule has 4 rings (SSSR count). The van der Waals surface area contributed by atoms with Crippen molar-refractivity contribution in [3.8, 4) is 5.75 Å². The van der Waals surface area contributed by atoms with E-state index in [1.807, 2.05) is 6.07 Å². The molecule has 4 nitrogen and oxygen atoms in total. The summed E-state index contributed by atoms with van der Waals surface area (Å²) >= 11 is 5.51. The monoisotopic (exact) mass is 385 g/mol. The Kier molecular flexibility index (Phi) is 5.27. The molecule has 1 fully saturated rings. The number of hydrogen-bond donors (Lipinski definition) is 1. The molecule has 0 atom stereocenters. The number of thiocarbonyl (C=S) groups is 1. The normalized spacial score (nSPS) is 16.7. The van der Waals surface area contributed by atoms with E-state index < -0.39 is 0 Å². The second-order valence-electron chi connectivity index (χ2n) is 7.20. The number of aryl methyl sites for hydroxylation is 1. The maximum Gasteiger partial charge on any atom is 0.173 e. The van der Waals surface area contributed by atoms with E-state index >= 15 is 0 Å². The van der Waals surface area contributed by atoms with Crippen molar-refractivity contribution < 1.29 is 9.13 Å². The van der Waals surface area contributed by atoms with Crippen LogP contribution in [0.15, 0.2) is 36.4 Å². The fourth-order valence-electron chi connectivity index (χ4n) is 3.58. The third-order valence-corrected chi connectivity index (χ3v) is 5.60. The van der Waals surface area contributed by atoms with Crippen LogP contribution >= 0.6 is 12.2 Å². The average Bonchev–Trinajstić information content (AvgIpc) is 3.13. The van der Waals surface area contributed by atoms with Gasteiger partial charge in [0.05, 0.1) is 6.61 Å². The maximum absolute atomic E-state index is 13.7. The van der Waals surface area contributed by atoms with Gasteiger partial charge in [0.25, 0.3) is 0 Å². The van der Waals surface area contributed by atoms with Gasteiger partial charge in [0.2, 0.25) is 0 Å². The first-order valence-corrected chi connectivity index (χ1v) is 9.78. The number of hydrogen-bond acceptors (Lipinski definition) is 3. The van der Waals surface area contributed by atoms with Crippen LogP contribution in [0.25, 0.3) is 0 Å². The molecule has 1 N–H and O–H groups in total. The Balaban J connectivity index is 1.29. The molecule has 0 saturated carbocycles. The molecule has 6 heteroatoms. The summed E-state index contributed by atoms with van der Waals surface area (Å²) in [5.41, 5.74) is 3.99. The van der Waals surface area contributed by atoms with E-state index in [0.29, 0.717) is 16.4 Å². The summed E-state index contributed by atoms with van der Waals surface area (Å²) in [6.07, 6.45) is 1.01. The molecule has 0 unspecified atom stereocenters. The first-order chi connectivity index (χ1) is 13.1. The van der Waals surface area contributed by atoms with Gasteiger partial charge in [-0.2, -0.15) is 0 Å². The lowest BCUT2D eigenvalue weighted by Crippen LogP contribution is -2.49. The molecule has 142 valence electrons. The zero-order valence-corrected chi connectivity index (χ0v) is 16.3. The van der Waals surface area contributed by atoms with Crippen LogP contribution in [0.5, 0.6) is 5.75 Å². The van der Waals surface area contributed by atoms with E-state index in [4.69, 9.17) is 17.0 Å². The minimum atomic E-state index is -0.215. The topological polar surface area (TPSA) is 27.7 Å². The molecule has 27 heavy (non-hydrogen) atoms. The zero-order chi connectivity index (χ0) is 18.8. The van der Waals surface area contributed by atoms with E-state index in [2.05, 4.69) is 33.3 Å². The molecule has 0 bridgehead atoms. The Morgan fingerprint density at radius 3 is 2.74 bits per heavy atom. The lowest BCUT2D eigenvalue weighted by Gasteiger charge is -2.36. The van der Waals surface area contributed by atoms with Crippen LogP contribution in [0.1, 0.15) is 16.7 Å². The van der Waals surface area contributed by atoms with Crippen molar-refractivity contribution in [2.45, 2.75) is 19.9 Å². The largest absolute Gasteiger partial charge is 0.493 e. The average molecular weight is 386 g/mol. The fourth-order valence-corrected chi connectivity index (χ4v) is 3.88. The van der Waals surface area contributed by atoms with Gasteiger partial charge in [0, 0.05) is 44.8 Å². The summed E-state index contributed by atoms with van der Waals surface area (Å²) in [5, 5.41) is 3.82.